The van der Waals surface area contributed by atoms with Gasteiger partial charge in [0.25, 0.3) is 0 Å². The molecular formula is C19H29N3O3. The molecule has 2 rings (SSSR count). The van der Waals surface area contributed by atoms with E-state index in [4.69, 9.17) is 4.74 Å². The van der Waals surface area contributed by atoms with Gasteiger partial charge in [-0.15, -0.1) is 0 Å². The number of nitrogens with zero attached hydrogens (tertiary/aromatic N) is 2. The number of likely N-dealkylation sites (tertiary alicyclic amines) is 1. The Hall–Kier alpha value is -2.08. The average molecular weight is 347 g/mol. The zero-order valence-electron chi connectivity index (χ0n) is 15.2. The van der Waals surface area contributed by atoms with E-state index in [1.165, 1.54) is 0 Å². The Kier molecular flexibility index (Phi) is 7.73. The van der Waals surface area contributed by atoms with Crippen LogP contribution in [-0.4, -0.2) is 68.5 Å². The van der Waals surface area contributed by atoms with Crippen molar-refractivity contribution in [3.63, 3.8) is 0 Å². The number of piperidine rings is 1. The van der Waals surface area contributed by atoms with Crippen molar-refractivity contribution in [3.05, 3.63) is 30.3 Å². The molecule has 1 aliphatic heterocycles. The van der Waals surface area contributed by atoms with Gasteiger partial charge in [0.1, 0.15) is 5.75 Å². The highest BCUT2D eigenvalue weighted by atomic mass is 16.5. The average Bonchev–Trinajstić information content (AvgIpc) is 2.66. The molecule has 0 saturated carbocycles. The number of hydrogen-bond donors (Lipinski definition) is 1. The highest BCUT2D eigenvalue weighted by Crippen LogP contribution is 2.19. The van der Waals surface area contributed by atoms with Crippen LogP contribution in [0.2, 0.25) is 0 Å². The lowest BCUT2D eigenvalue weighted by atomic mass is 9.96. The van der Waals surface area contributed by atoms with Gasteiger partial charge in [-0.05, 0) is 32.0 Å². The van der Waals surface area contributed by atoms with Crippen LogP contribution in [0, 0.1) is 5.92 Å². The normalized spacial score (nSPS) is 17.2. The van der Waals surface area contributed by atoms with E-state index < -0.39 is 0 Å². The maximum absolute atomic E-state index is 12.5. The minimum Gasteiger partial charge on any atom is -0.493 e. The second-order valence-electron chi connectivity index (χ2n) is 6.45. The van der Waals surface area contributed by atoms with Gasteiger partial charge in [-0.25, -0.2) is 0 Å². The fourth-order valence-electron chi connectivity index (χ4n) is 3.04. The van der Waals surface area contributed by atoms with Crippen LogP contribution in [0.5, 0.6) is 5.75 Å². The number of carbonyl (C=O) groups is 2. The summed E-state index contributed by atoms with van der Waals surface area (Å²) in [6.07, 6.45) is 2.07. The molecule has 0 aromatic heterocycles. The molecule has 1 aromatic carbocycles. The maximum atomic E-state index is 12.5. The van der Waals surface area contributed by atoms with Crippen molar-refractivity contribution in [2.75, 3.05) is 46.9 Å². The minimum absolute atomic E-state index is 0.0614. The Labute approximate surface area is 150 Å². The molecule has 1 heterocycles. The molecule has 138 valence electrons. The molecule has 1 saturated heterocycles. The Morgan fingerprint density at radius 2 is 2.08 bits per heavy atom. The van der Waals surface area contributed by atoms with Crippen LogP contribution in [0.1, 0.15) is 19.3 Å². The smallest absolute Gasteiger partial charge is 0.227 e. The molecule has 1 unspecified atom stereocenters. The molecule has 6 nitrogen and oxygen atoms in total. The van der Waals surface area contributed by atoms with Gasteiger partial charge >= 0.3 is 0 Å². The van der Waals surface area contributed by atoms with E-state index in [1.807, 2.05) is 49.3 Å². The lowest BCUT2D eigenvalue weighted by molar-refractivity contribution is -0.140. The number of rotatable bonds is 8. The predicted molar refractivity (Wildman–Crippen MR) is 97.4 cm³/mol. The minimum atomic E-state index is -0.0883. The summed E-state index contributed by atoms with van der Waals surface area (Å²) in [5, 5.41) is 3.05. The van der Waals surface area contributed by atoms with Gasteiger partial charge in [0, 0.05) is 33.2 Å². The summed E-state index contributed by atoms with van der Waals surface area (Å²) >= 11 is 0. The van der Waals surface area contributed by atoms with E-state index in [-0.39, 0.29) is 17.7 Å². The fraction of sp³-hybridized carbons (Fsp3) is 0.579. The van der Waals surface area contributed by atoms with Crippen molar-refractivity contribution in [1.29, 1.82) is 0 Å². The van der Waals surface area contributed by atoms with Crippen molar-refractivity contribution < 1.29 is 14.3 Å². The number of hydrogen-bond acceptors (Lipinski definition) is 4. The molecule has 1 atom stereocenters. The third kappa shape index (κ3) is 6.05. The molecule has 1 fully saturated rings. The Morgan fingerprint density at radius 1 is 1.32 bits per heavy atom. The van der Waals surface area contributed by atoms with Crippen LogP contribution in [0.3, 0.4) is 0 Å². The molecule has 25 heavy (non-hydrogen) atoms. The standard InChI is InChI=1S/C19H29N3O3/c1-20-11-13-21(2)19(24)16-7-6-12-22(15-16)18(23)10-14-25-17-8-4-3-5-9-17/h3-5,8-9,16,20H,6-7,10-15H2,1-2H3. The SMILES string of the molecule is CNCCN(C)C(=O)C1CCCN(C(=O)CCOc2ccccc2)C1. The Bertz CT molecular complexity index is 550. The van der Waals surface area contributed by atoms with Crippen LogP contribution in [0.4, 0.5) is 0 Å². The van der Waals surface area contributed by atoms with Crippen LogP contribution in [-0.2, 0) is 9.59 Å². The van der Waals surface area contributed by atoms with Gasteiger partial charge in [0.15, 0.2) is 0 Å². The first-order valence-corrected chi connectivity index (χ1v) is 8.97. The molecule has 0 aliphatic carbocycles. The second kappa shape index (κ2) is 10.0. The van der Waals surface area contributed by atoms with Gasteiger partial charge in [0.05, 0.1) is 18.9 Å². The van der Waals surface area contributed by atoms with E-state index >= 15 is 0 Å². The van der Waals surface area contributed by atoms with Gasteiger partial charge in [0.2, 0.25) is 11.8 Å². The zero-order chi connectivity index (χ0) is 18.1. The summed E-state index contributed by atoms with van der Waals surface area (Å²) in [4.78, 5) is 28.5. The van der Waals surface area contributed by atoms with Crippen LogP contribution < -0.4 is 10.1 Å². The predicted octanol–water partition coefficient (Wildman–Crippen LogP) is 1.37. The molecule has 1 aliphatic rings. The summed E-state index contributed by atoms with van der Waals surface area (Å²) in [5.74, 6) is 0.877. The van der Waals surface area contributed by atoms with E-state index in [0.29, 0.717) is 26.1 Å². The molecule has 0 spiro atoms. The van der Waals surface area contributed by atoms with Crippen molar-refractivity contribution >= 4 is 11.8 Å². The van der Waals surface area contributed by atoms with Gasteiger partial charge in [-0.1, -0.05) is 18.2 Å². The van der Waals surface area contributed by atoms with Crippen molar-refractivity contribution in [2.45, 2.75) is 19.3 Å². The first kappa shape index (κ1) is 19.2. The number of nitrogens with one attached hydrogen (secondary N) is 1. The van der Waals surface area contributed by atoms with Crippen molar-refractivity contribution in [2.24, 2.45) is 5.92 Å². The van der Waals surface area contributed by atoms with E-state index in [1.54, 1.807) is 4.90 Å². The molecular weight excluding hydrogens is 318 g/mol. The zero-order valence-corrected chi connectivity index (χ0v) is 15.2. The van der Waals surface area contributed by atoms with Gasteiger partial charge < -0.3 is 19.9 Å². The summed E-state index contributed by atoms with van der Waals surface area (Å²) in [7, 11) is 3.70. The monoisotopic (exact) mass is 347 g/mol. The van der Waals surface area contributed by atoms with E-state index in [9.17, 15) is 9.59 Å². The highest BCUT2D eigenvalue weighted by Gasteiger charge is 2.29. The van der Waals surface area contributed by atoms with E-state index in [2.05, 4.69) is 5.32 Å². The molecule has 0 bridgehead atoms. The largest absolute Gasteiger partial charge is 0.493 e. The number of para-hydroxylation sites is 1. The van der Waals surface area contributed by atoms with Crippen molar-refractivity contribution in [3.8, 4) is 5.75 Å². The number of likely N-dealkylation sites (N-methyl/N-ethyl adjacent to an activating group) is 2. The van der Waals surface area contributed by atoms with E-state index in [0.717, 1.165) is 31.7 Å². The molecule has 0 radical (unpaired) electrons. The molecule has 1 aromatic rings. The van der Waals surface area contributed by atoms with Crippen LogP contribution in [0.15, 0.2) is 30.3 Å². The lowest BCUT2D eigenvalue weighted by Gasteiger charge is -2.34. The lowest BCUT2D eigenvalue weighted by Crippen LogP contribution is -2.47. The summed E-state index contributed by atoms with van der Waals surface area (Å²) in [5.41, 5.74) is 0. The van der Waals surface area contributed by atoms with Crippen molar-refractivity contribution in [1.82, 2.24) is 15.1 Å². The number of benzene rings is 1. The van der Waals surface area contributed by atoms with Gasteiger partial charge in [-0.2, -0.15) is 0 Å². The number of amides is 2. The second-order valence-corrected chi connectivity index (χ2v) is 6.45. The Balaban J connectivity index is 1.77. The quantitative estimate of drug-likeness (QED) is 0.772. The van der Waals surface area contributed by atoms with Crippen LogP contribution in [0.25, 0.3) is 0 Å². The van der Waals surface area contributed by atoms with Gasteiger partial charge in [-0.3, -0.25) is 9.59 Å². The number of ether oxygens (including phenoxy) is 1. The first-order chi connectivity index (χ1) is 12.1. The summed E-state index contributed by atoms with van der Waals surface area (Å²) in [6.45, 7) is 3.07. The molecule has 2 amide bonds. The third-order valence-electron chi connectivity index (χ3n) is 4.52. The third-order valence-corrected chi connectivity index (χ3v) is 4.52. The first-order valence-electron chi connectivity index (χ1n) is 8.97. The summed E-state index contributed by atoms with van der Waals surface area (Å²) in [6, 6.07) is 9.49. The fourth-order valence-corrected chi connectivity index (χ4v) is 3.04. The molecule has 6 heteroatoms. The summed E-state index contributed by atoms with van der Waals surface area (Å²) < 4.78 is 5.59. The topological polar surface area (TPSA) is 61.9 Å². The Morgan fingerprint density at radius 3 is 2.80 bits per heavy atom. The highest BCUT2D eigenvalue weighted by molar-refractivity contribution is 5.81. The van der Waals surface area contributed by atoms with Crippen LogP contribution >= 0.6 is 0 Å². The molecule has 1 N–H and O–H groups in total. The number of carbonyl (C=O) groups excluding carboxylic acids is 2. The maximum Gasteiger partial charge on any atom is 0.227 e.